The number of imidazole rings is 1. The van der Waals surface area contributed by atoms with Crippen LogP contribution in [0.3, 0.4) is 0 Å². The summed E-state index contributed by atoms with van der Waals surface area (Å²) in [6.45, 7) is 3.42. The summed E-state index contributed by atoms with van der Waals surface area (Å²) in [5.74, 6) is 0.710. The molecule has 8 heteroatoms. The number of amides is 1. The maximum Gasteiger partial charge on any atom is 0.270 e. The van der Waals surface area contributed by atoms with Crippen LogP contribution < -0.4 is 9.64 Å². The summed E-state index contributed by atoms with van der Waals surface area (Å²) in [7, 11) is 1.64. The standard InChI is InChI=1S/C20H20N4O2S2/c1-14-6-7-15(26-2)17-18(14)28-20(22-17)24(19(25)16-5-3-12-27-16)10-4-9-23-11-8-21-13-23/h3,5-8,11-13H,4,9-10H2,1-2H3. The molecule has 0 bridgehead atoms. The lowest BCUT2D eigenvalue weighted by Gasteiger charge is -2.19. The number of carbonyl (C=O) groups excluding carboxylic acids is 1. The van der Waals surface area contributed by atoms with Crippen molar-refractivity contribution in [3.63, 3.8) is 0 Å². The van der Waals surface area contributed by atoms with Gasteiger partial charge < -0.3 is 9.30 Å². The first-order valence-corrected chi connectivity index (χ1v) is 10.6. The molecule has 3 heterocycles. The number of methoxy groups -OCH3 is 1. The predicted octanol–water partition coefficient (Wildman–Crippen LogP) is 4.61. The molecule has 4 aromatic rings. The highest BCUT2D eigenvalue weighted by molar-refractivity contribution is 7.22. The first kappa shape index (κ1) is 18.6. The van der Waals surface area contributed by atoms with E-state index in [9.17, 15) is 4.79 Å². The van der Waals surface area contributed by atoms with E-state index >= 15 is 0 Å². The number of hydrogen-bond acceptors (Lipinski definition) is 6. The van der Waals surface area contributed by atoms with Crippen LogP contribution in [0.4, 0.5) is 5.13 Å². The van der Waals surface area contributed by atoms with Gasteiger partial charge in [0.15, 0.2) is 5.13 Å². The van der Waals surface area contributed by atoms with Gasteiger partial charge in [0, 0.05) is 25.5 Å². The smallest absolute Gasteiger partial charge is 0.270 e. The highest BCUT2D eigenvalue weighted by atomic mass is 32.1. The third-order valence-electron chi connectivity index (χ3n) is 4.48. The van der Waals surface area contributed by atoms with E-state index in [1.165, 1.54) is 22.7 Å². The Morgan fingerprint density at radius 2 is 2.21 bits per heavy atom. The Balaban J connectivity index is 1.67. The monoisotopic (exact) mass is 412 g/mol. The van der Waals surface area contributed by atoms with E-state index in [0.717, 1.165) is 34.5 Å². The molecule has 1 amide bonds. The molecule has 0 aliphatic heterocycles. The highest BCUT2D eigenvalue weighted by Gasteiger charge is 2.23. The van der Waals surface area contributed by atoms with Gasteiger partial charge in [-0.25, -0.2) is 9.97 Å². The molecule has 6 nitrogen and oxygen atoms in total. The predicted molar refractivity (Wildman–Crippen MR) is 114 cm³/mol. The van der Waals surface area contributed by atoms with Crippen LogP contribution in [0.1, 0.15) is 21.7 Å². The Kier molecular flexibility index (Phi) is 5.40. The van der Waals surface area contributed by atoms with Gasteiger partial charge in [-0.3, -0.25) is 9.69 Å². The van der Waals surface area contributed by atoms with Crippen LogP contribution in [0.15, 0.2) is 48.4 Å². The maximum atomic E-state index is 13.2. The molecule has 0 atom stereocenters. The molecule has 0 spiro atoms. The van der Waals surface area contributed by atoms with Crippen molar-refractivity contribution in [1.29, 1.82) is 0 Å². The molecule has 4 rings (SSSR count). The first-order valence-electron chi connectivity index (χ1n) is 8.92. The largest absolute Gasteiger partial charge is 0.494 e. The quantitative estimate of drug-likeness (QED) is 0.445. The molecule has 0 saturated heterocycles. The van der Waals surface area contributed by atoms with Crippen LogP contribution in [0.2, 0.25) is 0 Å². The molecule has 0 radical (unpaired) electrons. The lowest BCUT2D eigenvalue weighted by molar-refractivity contribution is 0.0990. The van der Waals surface area contributed by atoms with Crippen LogP contribution in [0.5, 0.6) is 5.75 Å². The van der Waals surface area contributed by atoms with Crippen molar-refractivity contribution in [3.8, 4) is 5.75 Å². The van der Waals surface area contributed by atoms with Crippen molar-refractivity contribution in [2.45, 2.75) is 19.9 Å². The number of ether oxygens (including phenoxy) is 1. The Morgan fingerprint density at radius 3 is 2.93 bits per heavy atom. The van der Waals surface area contributed by atoms with Gasteiger partial charge in [0.25, 0.3) is 5.91 Å². The molecule has 28 heavy (non-hydrogen) atoms. The number of hydrogen-bond donors (Lipinski definition) is 0. The zero-order chi connectivity index (χ0) is 19.5. The van der Waals surface area contributed by atoms with E-state index in [2.05, 4.69) is 4.98 Å². The van der Waals surface area contributed by atoms with E-state index < -0.39 is 0 Å². The van der Waals surface area contributed by atoms with E-state index in [4.69, 9.17) is 9.72 Å². The third kappa shape index (κ3) is 3.65. The Bertz CT molecular complexity index is 1070. The molecule has 0 fully saturated rings. The van der Waals surface area contributed by atoms with E-state index in [1.54, 1.807) is 24.5 Å². The zero-order valence-electron chi connectivity index (χ0n) is 15.7. The number of fused-ring (bicyclic) bond motifs is 1. The van der Waals surface area contributed by atoms with Gasteiger partial charge in [0.1, 0.15) is 11.3 Å². The minimum absolute atomic E-state index is 0.0173. The molecule has 0 aliphatic carbocycles. The average Bonchev–Trinajstić information content (AvgIpc) is 3.47. The van der Waals surface area contributed by atoms with Crippen molar-refractivity contribution in [3.05, 3.63) is 58.8 Å². The van der Waals surface area contributed by atoms with Gasteiger partial charge in [0.05, 0.1) is 23.0 Å². The van der Waals surface area contributed by atoms with Crippen LogP contribution in [-0.4, -0.2) is 34.1 Å². The molecule has 1 aromatic carbocycles. The number of aryl methyl sites for hydroxylation is 2. The number of thiazole rings is 1. The Labute approximate surface area is 171 Å². The number of rotatable bonds is 7. The van der Waals surface area contributed by atoms with E-state index in [1.807, 2.05) is 47.3 Å². The molecule has 0 saturated carbocycles. The third-order valence-corrected chi connectivity index (χ3v) is 6.55. The number of carbonyl (C=O) groups is 1. The van der Waals surface area contributed by atoms with Crippen molar-refractivity contribution in [2.75, 3.05) is 18.6 Å². The summed E-state index contributed by atoms with van der Waals surface area (Å²) in [6, 6.07) is 7.70. The summed E-state index contributed by atoms with van der Waals surface area (Å²) in [5, 5.41) is 2.62. The lowest BCUT2D eigenvalue weighted by atomic mass is 10.2. The maximum absolute atomic E-state index is 13.2. The van der Waals surface area contributed by atoms with Gasteiger partial charge >= 0.3 is 0 Å². The van der Waals surface area contributed by atoms with Gasteiger partial charge in [-0.1, -0.05) is 23.5 Å². The fourth-order valence-electron chi connectivity index (χ4n) is 3.03. The minimum Gasteiger partial charge on any atom is -0.494 e. The minimum atomic E-state index is -0.0173. The molecule has 0 unspecified atom stereocenters. The molecule has 144 valence electrons. The molecule has 0 N–H and O–H groups in total. The second-order valence-corrected chi connectivity index (χ2v) is 8.27. The normalized spacial score (nSPS) is 11.1. The second kappa shape index (κ2) is 8.12. The van der Waals surface area contributed by atoms with Gasteiger partial charge in [-0.15, -0.1) is 11.3 Å². The van der Waals surface area contributed by atoms with Gasteiger partial charge in [-0.2, -0.15) is 0 Å². The topological polar surface area (TPSA) is 60.2 Å². The molecule has 3 aromatic heterocycles. The second-order valence-electron chi connectivity index (χ2n) is 6.35. The molecular weight excluding hydrogens is 392 g/mol. The zero-order valence-corrected chi connectivity index (χ0v) is 17.3. The summed E-state index contributed by atoms with van der Waals surface area (Å²) < 4.78 is 8.53. The van der Waals surface area contributed by atoms with Crippen molar-refractivity contribution < 1.29 is 9.53 Å². The summed E-state index contributed by atoms with van der Waals surface area (Å²) in [4.78, 5) is 24.5. The SMILES string of the molecule is COc1ccc(C)c2sc(N(CCCn3ccnc3)C(=O)c3cccs3)nc12. The summed E-state index contributed by atoms with van der Waals surface area (Å²) in [5.41, 5.74) is 1.93. The lowest BCUT2D eigenvalue weighted by Crippen LogP contribution is -2.31. The van der Waals surface area contributed by atoms with E-state index in [-0.39, 0.29) is 5.91 Å². The number of anilines is 1. The fraction of sp³-hybridized carbons (Fsp3) is 0.250. The number of benzene rings is 1. The average molecular weight is 413 g/mol. The van der Waals surface area contributed by atoms with Gasteiger partial charge in [0.2, 0.25) is 0 Å². The van der Waals surface area contributed by atoms with Crippen molar-refractivity contribution in [2.24, 2.45) is 0 Å². The number of aromatic nitrogens is 3. The first-order chi connectivity index (χ1) is 13.7. The fourth-order valence-corrected chi connectivity index (χ4v) is 4.77. The summed E-state index contributed by atoms with van der Waals surface area (Å²) in [6.07, 6.45) is 6.28. The Hall–Kier alpha value is -2.71. The molecule has 0 aliphatic rings. The van der Waals surface area contributed by atoms with Crippen LogP contribution >= 0.6 is 22.7 Å². The number of thiophene rings is 1. The van der Waals surface area contributed by atoms with Crippen LogP contribution in [-0.2, 0) is 6.54 Å². The summed E-state index contributed by atoms with van der Waals surface area (Å²) >= 11 is 2.98. The Morgan fingerprint density at radius 1 is 1.32 bits per heavy atom. The molecular formula is C20H20N4O2S2. The van der Waals surface area contributed by atoms with Crippen LogP contribution in [0.25, 0.3) is 10.2 Å². The highest BCUT2D eigenvalue weighted by Crippen LogP contribution is 2.37. The van der Waals surface area contributed by atoms with Crippen molar-refractivity contribution in [1.82, 2.24) is 14.5 Å². The van der Waals surface area contributed by atoms with Gasteiger partial charge in [-0.05, 0) is 36.4 Å². The van der Waals surface area contributed by atoms with Crippen LogP contribution in [0, 0.1) is 6.92 Å². The van der Waals surface area contributed by atoms with E-state index in [0.29, 0.717) is 16.6 Å². The van der Waals surface area contributed by atoms with Crippen molar-refractivity contribution >= 4 is 43.9 Å². The number of nitrogens with zero attached hydrogens (tertiary/aromatic N) is 4.